The third kappa shape index (κ3) is 5.71. The van der Waals surface area contributed by atoms with Crippen molar-refractivity contribution in [1.82, 2.24) is 15.1 Å². The summed E-state index contributed by atoms with van der Waals surface area (Å²) in [6.07, 6.45) is 5.68. The molecule has 3 rings (SSSR count). The van der Waals surface area contributed by atoms with Gasteiger partial charge >= 0.3 is 5.97 Å². The van der Waals surface area contributed by atoms with E-state index in [2.05, 4.69) is 44.4 Å². The number of aliphatic imine (C=N–C) groups is 1. The minimum absolute atomic E-state index is 0.0202. The molecule has 6 heteroatoms. The van der Waals surface area contributed by atoms with Gasteiger partial charge in [-0.1, -0.05) is 30.7 Å². The summed E-state index contributed by atoms with van der Waals surface area (Å²) in [7, 11) is 3.28. The summed E-state index contributed by atoms with van der Waals surface area (Å²) in [4.78, 5) is 20.9. The molecular formula is C22H34N4O2. The number of rotatable bonds is 5. The van der Waals surface area contributed by atoms with E-state index in [1.54, 1.807) is 0 Å². The normalized spacial score (nSPS) is 19.5. The summed E-state index contributed by atoms with van der Waals surface area (Å²) < 4.78 is 4.87. The Bertz CT molecular complexity index is 645. The summed E-state index contributed by atoms with van der Waals surface area (Å²) >= 11 is 0. The van der Waals surface area contributed by atoms with Crippen molar-refractivity contribution < 1.29 is 9.53 Å². The monoisotopic (exact) mass is 386 g/mol. The van der Waals surface area contributed by atoms with E-state index in [1.165, 1.54) is 50.6 Å². The number of guanidine groups is 1. The standard InChI is InChI=1S/C22H34N4O2/c1-23-22(26-14-10-20(11-15-26)21(27)28-2)24-16-18-6-8-19(9-7-18)17-25-12-4-3-5-13-25/h6-9,20H,3-5,10-17H2,1-2H3,(H,23,24). The van der Waals surface area contributed by atoms with Crippen LogP contribution >= 0.6 is 0 Å². The first-order valence-electron chi connectivity index (χ1n) is 10.5. The van der Waals surface area contributed by atoms with Crippen LogP contribution < -0.4 is 5.32 Å². The summed E-state index contributed by atoms with van der Waals surface area (Å²) in [5.41, 5.74) is 2.65. The predicted octanol–water partition coefficient (Wildman–Crippen LogP) is 2.63. The lowest BCUT2D eigenvalue weighted by Gasteiger charge is -2.33. The van der Waals surface area contributed by atoms with Gasteiger partial charge in [0.1, 0.15) is 0 Å². The van der Waals surface area contributed by atoms with Crippen LogP contribution in [-0.4, -0.2) is 62.1 Å². The Balaban J connectivity index is 1.45. The van der Waals surface area contributed by atoms with Crippen molar-refractivity contribution in [3.8, 4) is 0 Å². The first-order chi connectivity index (χ1) is 13.7. The molecule has 0 radical (unpaired) electrons. The number of nitrogens with zero attached hydrogens (tertiary/aromatic N) is 3. The van der Waals surface area contributed by atoms with Crippen LogP contribution in [0, 0.1) is 5.92 Å². The van der Waals surface area contributed by atoms with E-state index >= 15 is 0 Å². The van der Waals surface area contributed by atoms with Crippen LogP contribution in [-0.2, 0) is 22.6 Å². The number of hydrogen-bond acceptors (Lipinski definition) is 4. The molecule has 1 aromatic rings. The van der Waals surface area contributed by atoms with E-state index in [-0.39, 0.29) is 11.9 Å². The van der Waals surface area contributed by atoms with E-state index in [9.17, 15) is 4.79 Å². The third-order valence-corrected chi connectivity index (χ3v) is 5.87. The smallest absolute Gasteiger partial charge is 0.308 e. The molecule has 0 atom stereocenters. The number of piperidine rings is 2. The molecule has 2 aliphatic rings. The highest BCUT2D eigenvalue weighted by Crippen LogP contribution is 2.18. The molecule has 1 aromatic carbocycles. The molecule has 28 heavy (non-hydrogen) atoms. The highest BCUT2D eigenvalue weighted by molar-refractivity contribution is 5.80. The number of benzene rings is 1. The van der Waals surface area contributed by atoms with Gasteiger partial charge in [0, 0.05) is 33.2 Å². The average Bonchev–Trinajstić information content (AvgIpc) is 2.76. The van der Waals surface area contributed by atoms with Crippen LogP contribution in [0.1, 0.15) is 43.2 Å². The molecule has 0 unspecified atom stereocenters. The van der Waals surface area contributed by atoms with Crippen molar-refractivity contribution in [1.29, 1.82) is 0 Å². The zero-order valence-electron chi connectivity index (χ0n) is 17.3. The highest BCUT2D eigenvalue weighted by Gasteiger charge is 2.26. The van der Waals surface area contributed by atoms with Crippen LogP contribution in [0.15, 0.2) is 29.3 Å². The lowest BCUT2D eigenvalue weighted by Crippen LogP contribution is -2.46. The molecule has 0 saturated carbocycles. The molecule has 0 bridgehead atoms. The first kappa shape index (κ1) is 20.6. The molecule has 2 saturated heterocycles. The van der Waals surface area contributed by atoms with Crippen molar-refractivity contribution in [3.05, 3.63) is 35.4 Å². The summed E-state index contributed by atoms with van der Waals surface area (Å²) in [6.45, 7) is 5.93. The van der Waals surface area contributed by atoms with Gasteiger partial charge in [-0.25, -0.2) is 0 Å². The molecule has 2 heterocycles. The molecule has 0 aliphatic carbocycles. The quantitative estimate of drug-likeness (QED) is 0.479. The molecule has 2 aliphatic heterocycles. The van der Waals surface area contributed by atoms with Gasteiger partial charge in [0.2, 0.25) is 0 Å². The highest BCUT2D eigenvalue weighted by atomic mass is 16.5. The second kappa shape index (κ2) is 10.5. The topological polar surface area (TPSA) is 57.2 Å². The van der Waals surface area contributed by atoms with E-state index < -0.39 is 0 Å². The van der Waals surface area contributed by atoms with E-state index in [4.69, 9.17) is 4.74 Å². The van der Waals surface area contributed by atoms with Gasteiger partial charge in [-0.3, -0.25) is 14.7 Å². The fourth-order valence-electron chi connectivity index (χ4n) is 4.15. The zero-order chi connectivity index (χ0) is 19.8. The fourth-order valence-corrected chi connectivity index (χ4v) is 4.15. The maximum absolute atomic E-state index is 11.7. The van der Waals surface area contributed by atoms with E-state index in [0.29, 0.717) is 0 Å². The minimum Gasteiger partial charge on any atom is -0.469 e. The Morgan fingerprint density at radius 3 is 2.32 bits per heavy atom. The van der Waals surface area contributed by atoms with E-state index in [0.717, 1.165) is 45.0 Å². The van der Waals surface area contributed by atoms with Gasteiger partial charge in [-0.05, 0) is 49.9 Å². The second-order valence-electron chi connectivity index (χ2n) is 7.84. The van der Waals surface area contributed by atoms with Crippen molar-refractivity contribution in [2.24, 2.45) is 10.9 Å². The van der Waals surface area contributed by atoms with Gasteiger partial charge < -0.3 is 15.0 Å². The number of ether oxygens (including phenoxy) is 1. The predicted molar refractivity (Wildman–Crippen MR) is 112 cm³/mol. The van der Waals surface area contributed by atoms with Gasteiger partial charge in [-0.15, -0.1) is 0 Å². The van der Waals surface area contributed by atoms with Gasteiger partial charge in [-0.2, -0.15) is 0 Å². The van der Waals surface area contributed by atoms with Gasteiger partial charge in [0.15, 0.2) is 5.96 Å². The molecule has 0 amide bonds. The number of carbonyl (C=O) groups is 1. The Morgan fingerprint density at radius 1 is 1.07 bits per heavy atom. The zero-order valence-corrected chi connectivity index (χ0v) is 17.3. The Labute approximate surface area is 168 Å². The Hall–Kier alpha value is -2.08. The Morgan fingerprint density at radius 2 is 1.71 bits per heavy atom. The van der Waals surface area contributed by atoms with Gasteiger partial charge in [0.05, 0.1) is 13.0 Å². The van der Waals surface area contributed by atoms with Crippen LogP contribution in [0.5, 0.6) is 0 Å². The summed E-state index contributed by atoms with van der Waals surface area (Å²) in [6, 6.07) is 8.92. The number of hydrogen-bond donors (Lipinski definition) is 1. The van der Waals surface area contributed by atoms with Gasteiger partial charge in [0.25, 0.3) is 0 Å². The molecule has 2 fully saturated rings. The SMILES string of the molecule is CN=C(NCc1ccc(CN2CCCCC2)cc1)N1CCC(C(=O)OC)CC1. The maximum Gasteiger partial charge on any atom is 0.308 e. The number of esters is 1. The maximum atomic E-state index is 11.7. The first-order valence-corrected chi connectivity index (χ1v) is 10.5. The van der Waals surface area contributed by atoms with Crippen LogP contribution in [0.3, 0.4) is 0 Å². The van der Waals surface area contributed by atoms with E-state index in [1.807, 2.05) is 7.05 Å². The summed E-state index contributed by atoms with van der Waals surface area (Å²) in [5.74, 6) is 0.833. The van der Waals surface area contributed by atoms with Crippen LogP contribution in [0.4, 0.5) is 0 Å². The number of carbonyl (C=O) groups excluding carboxylic acids is 1. The lowest BCUT2D eigenvalue weighted by atomic mass is 9.97. The van der Waals surface area contributed by atoms with Crippen molar-refractivity contribution in [3.63, 3.8) is 0 Å². The summed E-state index contributed by atoms with van der Waals surface area (Å²) in [5, 5.41) is 3.46. The number of methoxy groups -OCH3 is 1. The largest absolute Gasteiger partial charge is 0.469 e. The van der Waals surface area contributed by atoms with Crippen LogP contribution in [0.2, 0.25) is 0 Å². The minimum atomic E-state index is -0.0905. The number of nitrogens with one attached hydrogen (secondary N) is 1. The third-order valence-electron chi connectivity index (χ3n) is 5.87. The van der Waals surface area contributed by atoms with Crippen molar-refractivity contribution in [2.45, 2.75) is 45.2 Å². The second-order valence-corrected chi connectivity index (χ2v) is 7.84. The van der Waals surface area contributed by atoms with Crippen LogP contribution in [0.25, 0.3) is 0 Å². The van der Waals surface area contributed by atoms with Crippen molar-refractivity contribution in [2.75, 3.05) is 40.3 Å². The Kier molecular flexibility index (Phi) is 7.71. The van der Waals surface area contributed by atoms with Crippen molar-refractivity contribution >= 4 is 11.9 Å². The molecule has 0 aromatic heterocycles. The number of likely N-dealkylation sites (tertiary alicyclic amines) is 2. The molecule has 6 nitrogen and oxygen atoms in total. The average molecular weight is 387 g/mol. The fraction of sp³-hybridized carbons (Fsp3) is 0.636. The lowest BCUT2D eigenvalue weighted by molar-refractivity contribution is -0.146. The molecule has 154 valence electrons. The molecular weight excluding hydrogens is 352 g/mol. The molecule has 0 spiro atoms. The molecule has 1 N–H and O–H groups in total.